The minimum atomic E-state index is 0.351. The number of nitrogen functional groups attached to an aromatic ring is 1. The van der Waals surface area contributed by atoms with Crippen LogP contribution in [0.15, 0.2) is 52.1 Å². The Bertz CT molecular complexity index is 1150. The topological polar surface area (TPSA) is 95.7 Å². The maximum Gasteiger partial charge on any atom is 0.259 e. The summed E-state index contributed by atoms with van der Waals surface area (Å²) in [6.45, 7) is 0. The second-order valence-corrected chi connectivity index (χ2v) is 7.78. The van der Waals surface area contributed by atoms with E-state index in [0.29, 0.717) is 54.6 Å². The molecule has 2 aromatic heterocycles. The van der Waals surface area contributed by atoms with Gasteiger partial charge in [0.1, 0.15) is 0 Å². The lowest BCUT2D eigenvalue weighted by Gasteiger charge is -2.05. The van der Waals surface area contributed by atoms with Crippen molar-refractivity contribution in [2.75, 3.05) is 5.84 Å². The third-order valence-electron chi connectivity index (χ3n) is 3.74. The monoisotopic (exact) mass is 452 g/mol. The SMILES string of the molecule is Nn1c(SCc2noc(-c3ccccc3Cl)n2)nnc1-c1ccc(Cl)cc1Cl. The average molecular weight is 454 g/mol. The van der Waals surface area contributed by atoms with E-state index in [0.717, 1.165) is 0 Å². The summed E-state index contributed by atoms with van der Waals surface area (Å²) in [7, 11) is 0. The summed E-state index contributed by atoms with van der Waals surface area (Å²) >= 11 is 19.6. The molecule has 0 aliphatic heterocycles. The Hall–Kier alpha value is -2.26. The maximum atomic E-state index is 6.22. The average Bonchev–Trinajstić information content (AvgIpc) is 3.28. The first kappa shape index (κ1) is 19.1. The largest absolute Gasteiger partial charge is 0.335 e. The molecule has 0 spiro atoms. The van der Waals surface area contributed by atoms with Crippen molar-refractivity contribution in [3.63, 3.8) is 0 Å². The number of thioether (sulfide) groups is 1. The minimum Gasteiger partial charge on any atom is -0.335 e. The molecule has 0 aliphatic carbocycles. The summed E-state index contributed by atoms with van der Waals surface area (Å²) in [5, 5.41) is 14.2. The molecule has 2 heterocycles. The van der Waals surface area contributed by atoms with Crippen LogP contribution in [0, 0.1) is 0 Å². The molecule has 0 radical (unpaired) electrons. The van der Waals surface area contributed by atoms with Crippen LogP contribution >= 0.6 is 46.6 Å². The van der Waals surface area contributed by atoms with Gasteiger partial charge in [-0.15, -0.1) is 10.2 Å². The van der Waals surface area contributed by atoms with Crippen molar-refractivity contribution in [1.82, 2.24) is 25.0 Å². The highest BCUT2D eigenvalue weighted by Gasteiger charge is 2.17. The zero-order valence-corrected chi connectivity index (χ0v) is 17.1. The highest BCUT2D eigenvalue weighted by molar-refractivity contribution is 7.98. The standard InChI is InChI=1S/C17H11Cl3N6OS/c18-9-5-6-10(13(20)7-9)15-23-24-17(26(15)21)28-8-14-22-16(27-25-14)11-3-1-2-4-12(11)19/h1-7H,8,21H2. The number of nitrogens with two attached hydrogens (primary N) is 1. The Morgan fingerprint density at radius 1 is 1.00 bits per heavy atom. The van der Waals surface area contributed by atoms with Crippen LogP contribution in [-0.4, -0.2) is 25.0 Å². The minimum absolute atomic E-state index is 0.351. The van der Waals surface area contributed by atoms with Crippen LogP contribution in [0.3, 0.4) is 0 Å². The molecule has 0 aliphatic rings. The number of nitrogens with zero attached hydrogens (tertiary/aromatic N) is 5. The molecule has 28 heavy (non-hydrogen) atoms. The van der Waals surface area contributed by atoms with Crippen LogP contribution in [-0.2, 0) is 5.75 Å². The molecule has 2 aromatic carbocycles. The van der Waals surface area contributed by atoms with Crippen LogP contribution in [0.4, 0.5) is 0 Å². The fourth-order valence-electron chi connectivity index (χ4n) is 2.42. The summed E-state index contributed by atoms with van der Waals surface area (Å²) in [4.78, 5) is 4.36. The van der Waals surface area contributed by atoms with E-state index in [1.807, 2.05) is 18.2 Å². The summed E-state index contributed by atoms with van der Waals surface area (Å²) in [6.07, 6.45) is 0. The highest BCUT2D eigenvalue weighted by atomic mass is 35.5. The molecule has 11 heteroatoms. The Balaban J connectivity index is 1.51. The Kier molecular flexibility index (Phi) is 5.45. The van der Waals surface area contributed by atoms with E-state index in [9.17, 15) is 0 Å². The van der Waals surface area contributed by atoms with Gasteiger partial charge >= 0.3 is 0 Å². The molecular formula is C17H11Cl3N6OS. The smallest absolute Gasteiger partial charge is 0.259 e. The normalized spacial score (nSPS) is 11.1. The zero-order valence-electron chi connectivity index (χ0n) is 14.0. The number of rotatable bonds is 5. The number of benzene rings is 2. The molecule has 0 bridgehead atoms. The summed E-state index contributed by atoms with van der Waals surface area (Å²) < 4.78 is 6.64. The van der Waals surface area contributed by atoms with E-state index in [-0.39, 0.29) is 0 Å². The lowest BCUT2D eigenvalue weighted by atomic mass is 10.2. The van der Waals surface area contributed by atoms with Gasteiger partial charge in [0.05, 0.1) is 21.4 Å². The van der Waals surface area contributed by atoms with Gasteiger partial charge in [0.25, 0.3) is 5.89 Å². The predicted octanol–water partition coefficient (Wildman–Crippen LogP) is 4.96. The first-order valence-corrected chi connectivity index (χ1v) is 10.0. The quantitative estimate of drug-likeness (QED) is 0.337. The van der Waals surface area contributed by atoms with Crippen LogP contribution in [0.1, 0.15) is 5.82 Å². The number of halogens is 3. The van der Waals surface area contributed by atoms with Gasteiger partial charge in [-0.3, -0.25) is 0 Å². The number of hydrogen-bond acceptors (Lipinski definition) is 7. The van der Waals surface area contributed by atoms with Gasteiger partial charge in [-0.25, -0.2) is 4.68 Å². The van der Waals surface area contributed by atoms with Crippen LogP contribution < -0.4 is 5.84 Å². The molecule has 7 nitrogen and oxygen atoms in total. The molecule has 0 saturated heterocycles. The third kappa shape index (κ3) is 3.81. The van der Waals surface area contributed by atoms with Crippen molar-refractivity contribution in [2.24, 2.45) is 0 Å². The molecule has 2 N–H and O–H groups in total. The highest BCUT2D eigenvalue weighted by Crippen LogP contribution is 2.31. The van der Waals surface area contributed by atoms with Gasteiger partial charge < -0.3 is 10.4 Å². The molecule has 4 aromatic rings. The van der Waals surface area contributed by atoms with Crippen molar-refractivity contribution >= 4 is 46.6 Å². The zero-order chi connectivity index (χ0) is 19.7. The number of hydrogen-bond donors (Lipinski definition) is 1. The molecule has 0 fully saturated rings. The van der Waals surface area contributed by atoms with E-state index in [1.54, 1.807) is 24.3 Å². The summed E-state index contributed by atoms with van der Waals surface area (Å²) in [5.41, 5.74) is 1.31. The van der Waals surface area contributed by atoms with E-state index >= 15 is 0 Å². The molecule has 0 amide bonds. The van der Waals surface area contributed by atoms with E-state index in [4.69, 9.17) is 45.2 Å². The van der Waals surface area contributed by atoms with Crippen molar-refractivity contribution in [1.29, 1.82) is 0 Å². The number of aromatic nitrogens is 5. The molecule has 0 atom stereocenters. The Morgan fingerprint density at radius 3 is 2.61 bits per heavy atom. The maximum absolute atomic E-state index is 6.22. The molecule has 0 saturated carbocycles. The fraction of sp³-hybridized carbons (Fsp3) is 0.0588. The third-order valence-corrected chi connectivity index (χ3v) is 5.56. The first-order chi connectivity index (χ1) is 13.5. The van der Waals surface area contributed by atoms with E-state index in [2.05, 4.69) is 20.3 Å². The van der Waals surface area contributed by atoms with Gasteiger partial charge in [0, 0.05) is 10.6 Å². The van der Waals surface area contributed by atoms with Gasteiger partial charge in [0.15, 0.2) is 11.6 Å². The van der Waals surface area contributed by atoms with Gasteiger partial charge in [0.2, 0.25) is 5.16 Å². The van der Waals surface area contributed by atoms with Gasteiger partial charge in [-0.05, 0) is 30.3 Å². The Labute approximate surface area is 178 Å². The summed E-state index contributed by atoms with van der Waals surface area (Å²) in [5.74, 6) is 7.76. The van der Waals surface area contributed by atoms with Crippen molar-refractivity contribution in [3.8, 4) is 22.8 Å². The lowest BCUT2D eigenvalue weighted by molar-refractivity contribution is 0.425. The predicted molar refractivity (Wildman–Crippen MR) is 110 cm³/mol. The molecular weight excluding hydrogens is 443 g/mol. The molecule has 142 valence electrons. The Morgan fingerprint density at radius 2 is 1.82 bits per heavy atom. The lowest BCUT2D eigenvalue weighted by Crippen LogP contribution is -2.11. The van der Waals surface area contributed by atoms with Crippen molar-refractivity contribution in [3.05, 3.63) is 63.4 Å². The second kappa shape index (κ2) is 8.00. The summed E-state index contributed by atoms with van der Waals surface area (Å²) in [6, 6.07) is 12.3. The van der Waals surface area contributed by atoms with E-state index in [1.165, 1.54) is 16.4 Å². The van der Waals surface area contributed by atoms with Gasteiger partial charge in [-0.1, -0.05) is 63.9 Å². The van der Waals surface area contributed by atoms with Crippen LogP contribution in [0.5, 0.6) is 0 Å². The van der Waals surface area contributed by atoms with E-state index < -0.39 is 0 Å². The fourth-order valence-corrected chi connectivity index (χ4v) is 3.82. The molecule has 4 rings (SSSR count). The van der Waals surface area contributed by atoms with Crippen molar-refractivity contribution < 1.29 is 4.52 Å². The van der Waals surface area contributed by atoms with Crippen molar-refractivity contribution in [2.45, 2.75) is 10.9 Å². The van der Waals surface area contributed by atoms with Crippen LogP contribution in [0.2, 0.25) is 15.1 Å². The second-order valence-electron chi connectivity index (χ2n) is 5.58. The van der Waals surface area contributed by atoms with Gasteiger partial charge in [-0.2, -0.15) is 4.98 Å². The molecule has 0 unspecified atom stereocenters. The first-order valence-electron chi connectivity index (χ1n) is 7.89. The van der Waals surface area contributed by atoms with Crippen LogP contribution in [0.25, 0.3) is 22.8 Å².